The smallest absolute Gasteiger partial charge is 0.337 e. The first-order valence-electron chi connectivity index (χ1n) is 11.0. The lowest BCUT2D eigenvalue weighted by atomic mass is 10.1. The Labute approximate surface area is 211 Å². The van der Waals surface area contributed by atoms with E-state index in [1.165, 1.54) is 22.2 Å². The minimum absolute atomic E-state index is 0.0558. The fourth-order valence-electron chi connectivity index (χ4n) is 4.10. The highest BCUT2D eigenvalue weighted by atomic mass is 35.5. The molecular formula is C22H19ClF3N7O2S. The molecule has 1 aliphatic heterocycles. The number of rotatable bonds is 4. The van der Waals surface area contributed by atoms with Crippen LogP contribution in [0.2, 0.25) is 5.02 Å². The van der Waals surface area contributed by atoms with Gasteiger partial charge in [0.2, 0.25) is 0 Å². The summed E-state index contributed by atoms with van der Waals surface area (Å²) in [6.07, 6.45) is -0.692. The molecule has 0 saturated carbocycles. The van der Waals surface area contributed by atoms with Crippen molar-refractivity contribution >= 4 is 46.1 Å². The number of likely N-dealkylation sites (tertiary alicyclic amines) is 1. The number of amides is 2. The Balaban J connectivity index is 1.52. The van der Waals surface area contributed by atoms with Gasteiger partial charge < -0.3 is 10.2 Å². The summed E-state index contributed by atoms with van der Waals surface area (Å²) in [6.45, 7) is 1.18. The van der Waals surface area contributed by atoms with E-state index in [1.54, 1.807) is 29.5 Å². The second kappa shape index (κ2) is 9.21. The number of piperidine rings is 1. The highest BCUT2D eigenvalue weighted by Gasteiger charge is 2.37. The Morgan fingerprint density at radius 3 is 2.61 bits per heavy atom. The number of anilines is 1. The third-order valence-electron chi connectivity index (χ3n) is 5.84. The molecule has 2 amide bonds. The number of aromatic nitrogens is 5. The Hall–Kier alpha value is -3.45. The number of thiophene rings is 1. The van der Waals surface area contributed by atoms with E-state index in [4.69, 9.17) is 11.6 Å². The van der Waals surface area contributed by atoms with Crippen molar-refractivity contribution in [1.29, 1.82) is 0 Å². The predicted molar refractivity (Wildman–Crippen MR) is 127 cm³/mol. The standard InChI is InChI=1S/C22H19ClF3N7O2S/c1-31-18(21(35)32-7-3-2-4-8-32)13(11-27-31)29-20(34)17-16(23)19-28-12(14-6-5-9-36-14)10-15(22(24,25)26)33(19)30-17/h5-6,9-11H,2-4,7-8H2,1H3,(H,29,34). The van der Waals surface area contributed by atoms with Crippen molar-refractivity contribution in [3.63, 3.8) is 0 Å². The molecule has 1 N–H and O–H groups in total. The molecule has 0 atom stereocenters. The van der Waals surface area contributed by atoms with Gasteiger partial charge in [-0.2, -0.15) is 23.4 Å². The Morgan fingerprint density at radius 2 is 1.94 bits per heavy atom. The molecule has 0 radical (unpaired) electrons. The van der Waals surface area contributed by atoms with Crippen LogP contribution in [0, 0.1) is 0 Å². The lowest BCUT2D eigenvalue weighted by Gasteiger charge is -2.27. The number of carbonyl (C=O) groups is 2. The van der Waals surface area contributed by atoms with Crippen molar-refractivity contribution in [2.24, 2.45) is 7.05 Å². The Morgan fingerprint density at radius 1 is 1.19 bits per heavy atom. The number of halogens is 4. The fourth-order valence-corrected chi connectivity index (χ4v) is 5.03. The van der Waals surface area contributed by atoms with Crippen LogP contribution in [0.3, 0.4) is 0 Å². The first-order valence-corrected chi connectivity index (χ1v) is 12.2. The third kappa shape index (κ3) is 4.32. The Bertz CT molecular complexity index is 1460. The number of alkyl halides is 3. The van der Waals surface area contributed by atoms with E-state index in [9.17, 15) is 22.8 Å². The summed E-state index contributed by atoms with van der Waals surface area (Å²) in [6, 6.07) is 4.18. The van der Waals surface area contributed by atoms with Crippen molar-refractivity contribution in [2.45, 2.75) is 25.4 Å². The average molecular weight is 538 g/mol. The van der Waals surface area contributed by atoms with Crippen LogP contribution in [0.15, 0.2) is 29.8 Å². The van der Waals surface area contributed by atoms with Gasteiger partial charge in [-0.05, 0) is 36.8 Å². The van der Waals surface area contributed by atoms with E-state index in [-0.39, 0.29) is 33.7 Å². The summed E-state index contributed by atoms with van der Waals surface area (Å²) < 4.78 is 43.5. The quantitative estimate of drug-likeness (QED) is 0.405. The van der Waals surface area contributed by atoms with Crippen LogP contribution in [-0.2, 0) is 13.2 Å². The summed E-state index contributed by atoms with van der Waals surface area (Å²) in [5.74, 6) is -1.19. The van der Waals surface area contributed by atoms with Crippen LogP contribution in [0.25, 0.3) is 16.2 Å². The summed E-state index contributed by atoms with van der Waals surface area (Å²) >= 11 is 7.55. The largest absolute Gasteiger partial charge is 0.433 e. The zero-order chi connectivity index (χ0) is 25.6. The summed E-state index contributed by atoms with van der Waals surface area (Å²) in [5, 5.41) is 11.8. The minimum Gasteiger partial charge on any atom is -0.337 e. The molecule has 5 heterocycles. The topological polar surface area (TPSA) is 97.4 Å². The molecule has 5 rings (SSSR count). The van der Waals surface area contributed by atoms with Crippen molar-refractivity contribution in [3.8, 4) is 10.6 Å². The van der Waals surface area contributed by atoms with E-state index in [0.717, 1.165) is 25.3 Å². The monoisotopic (exact) mass is 537 g/mol. The molecule has 4 aromatic rings. The zero-order valence-corrected chi connectivity index (χ0v) is 20.4. The van der Waals surface area contributed by atoms with E-state index in [2.05, 4.69) is 20.5 Å². The van der Waals surface area contributed by atoms with Crippen LogP contribution < -0.4 is 5.32 Å². The molecule has 0 unspecified atom stereocenters. The second-order valence-electron chi connectivity index (χ2n) is 8.24. The number of nitrogens with one attached hydrogen (secondary N) is 1. The Kier molecular flexibility index (Phi) is 6.20. The van der Waals surface area contributed by atoms with Crippen LogP contribution in [-0.4, -0.2) is 54.2 Å². The van der Waals surface area contributed by atoms with Gasteiger partial charge >= 0.3 is 6.18 Å². The molecule has 1 aliphatic rings. The zero-order valence-electron chi connectivity index (χ0n) is 18.8. The summed E-state index contributed by atoms with van der Waals surface area (Å²) in [4.78, 5) is 32.6. The first-order chi connectivity index (χ1) is 17.1. The molecule has 0 bridgehead atoms. The molecule has 1 fully saturated rings. The molecule has 188 valence electrons. The number of carbonyl (C=O) groups excluding carboxylic acids is 2. The third-order valence-corrected chi connectivity index (χ3v) is 7.09. The van der Waals surface area contributed by atoms with Gasteiger partial charge in [-0.15, -0.1) is 11.3 Å². The lowest BCUT2D eigenvalue weighted by Crippen LogP contribution is -2.37. The number of aryl methyl sites for hydroxylation is 1. The summed E-state index contributed by atoms with van der Waals surface area (Å²) in [7, 11) is 1.57. The maximum absolute atomic E-state index is 13.9. The molecule has 9 nitrogen and oxygen atoms in total. The highest BCUT2D eigenvalue weighted by Crippen LogP contribution is 2.35. The van der Waals surface area contributed by atoms with Gasteiger partial charge in [-0.3, -0.25) is 14.3 Å². The van der Waals surface area contributed by atoms with Gasteiger partial charge in [0.25, 0.3) is 11.8 Å². The van der Waals surface area contributed by atoms with Gasteiger partial charge in [-0.1, -0.05) is 17.7 Å². The van der Waals surface area contributed by atoms with E-state index < -0.39 is 23.5 Å². The second-order valence-corrected chi connectivity index (χ2v) is 9.56. The molecular weight excluding hydrogens is 519 g/mol. The van der Waals surface area contributed by atoms with E-state index in [1.807, 2.05) is 0 Å². The van der Waals surface area contributed by atoms with Crippen molar-refractivity contribution in [1.82, 2.24) is 29.3 Å². The molecule has 0 aliphatic carbocycles. The van der Waals surface area contributed by atoms with Gasteiger partial charge in [0.05, 0.1) is 22.5 Å². The predicted octanol–water partition coefficient (Wildman–Crippen LogP) is 4.74. The minimum atomic E-state index is -4.78. The van der Waals surface area contributed by atoms with Gasteiger partial charge in [0.1, 0.15) is 10.7 Å². The van der Waals surface area contributed by atoms with Crippen molar-refractivity contribution in [2.75, 3.05) is 18.4 Å². The van der Waals surface area contributed by atoms with Crippen LogP contribution in [0.1, 0.15) is 45.9 Å². The van der Waals surface area contributed by atoms with Crippen LogP contribution in [0.5, 0.6) is 0 Å². The first kappa shape index (κ1) is 24.3. The van der Waals surface area contributed by atoms with Crippen molar-refractivity contribution < 1.29 is 22.8 Å². The van der Waals surface area contributed by atoms with Gasteiger partial charge in [-0.25, -0.2) is 9.50 Å². The normalized spacial score (nSPS) is 14.4. The molecule has 1 saturated heterocycles. The molecule has 0 aromatic carbocycles. The fraction of sp³-hybridized carbons (Fsp3) is 0.318. The molecule has 36 heavy (non-hydrogen) atoms. The number of hydrogen-bond acceptors (Lipinski definition) is 6. The maximum atomic E-state index is 13.9. The van der Waals surface area contributed by atoms with E-state index in [0.29, 0.717) is 22.5 Å². The summed E-state index contributed by atoms with van der Waals surface area (Å²) in [5.41, 5.74) is -1.58. The van der Waals surface area contributed by atoms with Gasteiger partial charge in [0, 0.05) is 20.1 Å². The lowest BCUT2D eigenvalue weighted by molar-refractivity contribution is -0.142. The van der Waals surface area contributed by atoms with Crippen LogP contribution in [0.4, 0.5) is 18.9 Å². The van der Waals surface area contributed by atoms with Crippen LogP contribution >= 0.6 is 22.9 Å². The number of nitrogens with zero attached hydrogens (tertiary/aromatic N) is 6. The van der Waals surface area contributed by atoms with Gasteiger partial charge in [0.15, 0.2) is 17.0 Å². The average Bonchev–Trinajstić information content (AvgIpc) is 3.58. The van der Waals surface area contributed by atoms with E-state index >= 15 is 0 Å². The molecule has 4 aromatic heterocycles. The highest BCUT2D eigenvalue weighted by molar-refractivity contribution is 7.13. The number of hydrogen-bond donors (Lipinski definition) is 1. The molecule has 14 heteroatoms. The van der Waals surface area contributed by atoms with Crippen molar-refractivity contribution in [3.05, 3.63) is 51.9 Å². The number of fused-ring (bicyclic) bond motifs is 1. The molecule has 0 spiro atoms. The maximum Gasteiger partial charge on any atom is 0.433 e. The SMILES string of the molecule is Cn1ncc(NC(=O)c2nn3c(C(F)(F)F)cc(-c4cccs4)nc3c2Cl)c1C(=O)N1CCCCC1.